The van der Waals surface area contributed by atoms with Crippen molar-refractivity contribution in [2.24, 2.45) is 5.41 Å². The van der Waals surface area contributed by atoms with Gasteiger partial charge in [-0.05, 0) is 31.8 Å². The first-order chi connectivity index (χ1) is 7.57. The van der Waals surface area contributed by atoms with Gasteiger partial charge in [0.25, 0.3) is 0 Å². The molecule has 1 aliphatic heterocycles. The molecule has 1 heterocycles. The average molecular weight is 227 g/mol. The molecule has 96 valence electrons. The fourth-order valence-electron chi connectivity index (χ4n) is 2.55. The third kappa shape index (κ3) is 4.81. The minimum atomic E-state index is 0.492. The third-order valence-corrected chi connectivity index (χ3v) is 3.36. The highest BCUT2D eigenvalue weighted by Crippen LogP contribution is 2.27. The van der Waals surface area contributed by atoms with Crippen molar-refractivity contribution < 1.29 is 0 Å². The summed E-state index contributed by atoms with van der Waals surface area (Å²) < 4.78 is 0. The number of nitrogens with one attached hydrogen (secondary N) is 2. The van der Waals surface area contributed by atoms with E-state index in [-0.39, 0.29) is 0 Å². The normalized spacial score (nSPS) is 24.2. The van der Waals surface area contributed by atoms with Crippen LogP contribution in [0.4, 0.5) is 0 Å². The van der Waals surface area contributed by atoms with Gasteiger partial charge in [0.15, 0.2) is 0 Å². The second kappa shape index (κ2) is 6.58. The molecule has 0 saturated carbocycles. The van der Waals surface area contributed by atoms with E-state index in [1.807, 2.05) is 7.05 Å². The molecule has 1 fully saturated rings. The fraction of sp³-hybridized carbons (Fsp3) is 1.00. The first-order valence-corrected chi connectivity index (χ1v) is 6.68. The number of nitrogens with zero attached hydrogens (tertiary/aromatic N) is 1. The van der Waals surface area contributed by atoms with E-state index in [1.165, 1.54) is 39.0 Å². The summed E-state index contributed by atoms with van der Waals surface area (Å²) in [6.07, 6.45) is 2.56. The van der Waals surface area contributed by atoms with E-state index in [0.29, 0.717) is 11.5 Å². The molecule has 0 spiro atoms. The highest BCUT2D eigenvalue weighted by molar-refractivity contribution is 4.89. The van der Waals surface area contributed by atoms with Gasteiger partial charge < -0.3 is 15.5 Å². The van der Waals surface area contributed by atoms with Gasteiger partial charge in [0.2, 0.25) is 0 Å². The Hall–Kier alpha value is -0.120. The summed E-state index contributed by atoms with van der Waals surface area (Å²) in [5, 5.41) is 6.89. The Kier molecular flexibility index (Phi) is 5.73. The van der Waals surface area contributed by atoms with Gasteiger partial charge in [0.1, 0.15) is 0 Å². The van der Waals surface area contributed by atoms with Crippen LogP contribution in [0.25, 0.3) is 0 Å². The summed E-state index contributed by atoms with van der Waals surface area (Å²) in [5.74, 6) is 0. The summed E-state index contributed by atoms with van der Waals surface area (Å²) in [5.41, 5.74) is 0.492. The fourth-order valence-corrected chi connectivity index (χ4v) is 2.55. The van der Waals surface area contributed by atoms with Crippen molar-refractivity contribution in [3.05, 3.63) is 0 Å². The number of hydrogen-bond donors (Lipinski definition) is 2. The Morgan fingerprint density at radius 3 is 2.62 bits per heavy atom. The smallest absolute Gasteiger partial charge is 0.0200 e. The van der Waals surface area contributed by atoms with Gasteiger partial charge in [-0.1, -0.05) is 20.8 Å². The monoisotopic (exact) mass is 227 g/mol. The van der Waals surface area contributed by atoms with E-state index in [1.54, 1.807) is 0 Å². The Morgan fingerprint density at radius 2 is 2.12 bits per heavy atom. The molecule has 16 heavy (non-hydrogen) atoms. The van der Waals surface area contributed by atoms with Gasteiger partial charge in [0.05, 0.1) is 0 Å². The molecule has 0 bridgehead atoms. The van der Waals surface area contributed by atoms with Crippen LogP contribution in [0.15, 0.2) is 0 Å². The summed E-state index contributed by atoms with van der Waals surface area (Å²) in [4.78, 5) is 2.58. The van der Waals surface area contributed by atoms with Crippen molar-refractivity contribution >= 4 is 0 Å². The molecule has 1 saturated heterocycles. The average Bonchev–Trinajstić information content (AvgIpc) is 2.55. The molecule has 0 amide bonds. The van der Waals surface area contributed by atoms with Crippen LogP contribution in [0, 0.1) is 5.41 Å². The van der Waals surface area contributed by atoms with Crippen LogP contribution in [-0.2, 0) is 0 Å². The predicted molar refractivity (Wildman–Crippen MR) is 70.8 cm³/mol. The van der Waals surface area contributed by atoms with Gasteiger partial charge >= 0.3 is 0 Å². The molecule has 3 heteroatoms. The lowest BCUT2D eigenvalue weighted by atomic mass is 9.90. The molecule has 0 aromatic rings. The van der Waals surface area contributed by atoms with Crippen LogP contribution in [0.3, 0.4) is 0 Å². The summed E-state index contributed by atoms with van der Waals surface area (Å²) in [7, 11) is 2.03. The van der Waals surface area contributed by atoms with Crippen LogP contribution < -0.4 is 10.6 Å². The van der Waals surface area contributed by atoms with E-state index in [9.17, 15) is 0 Å². The second-order valence-corrected chi connectivity index (χ2v) is 5.85. The minimum absolute atomic E-state index is 0.492. The maximum Gasteiger partial charge on any atom is 0.0200 e. The van der Waals surface area contributed by atoms with Crippen molar-refractivity contribution in [2.75, 3.05) is 39.8 Å². The molecular weight excluding hydrogens is 198 g/mol. The minimum Gasteiger partial charge on any atom is -0.318 e. The maximum absolute atomic E-state index is 3.65. The predicted octanol–water partition coefficient (Wildman–Crippen LogP) is 1.31. The van der Waals surface area contributed by atoms with E-state index in [4.69, 9.17) is 0 Å². The third-order valence-electron chi connectivity index (χ3n) is 3.36. The van der Waals surface area contributed by atoms with E-state index in [2.05, 4.69) is 36.3 Å². The van der Waals surface area contributed by atoms with Crippen LogP contribution in [0.5, 0.6) is 0 Å². The molecule has 0 radical (unpaired) electrons. The molecule has 0 aliphatic carbocycles. The van der Waals surface area contributed by atoms with E-state index >= 15 is 0 Å². The molecule has 3 nitrogen and oxygen atoms in total. The largest absolute Gasteiger partial charge is 0.318 e. The highest BCUT2D eigenvalue weighted by Gasteiger charge is 2.30. The van der Waals surface area contributed by atoms with E-state index in [0.717, 1.165) is 6.54 Å². The van der Waals surface area contributed by atoms with Crippen LogP contribution >= 0.6 is 0 Å². The van der Waals surface area contributed by atoms with Gasteiger partial charge in [-0.15, -0.1) is 0 Å². The summed E-state index contributed by atoms with van der Waals surface area (Å²) in [6, 6.07) is 0.693. The molecular formula is C13H29N3. The van der Waals surface area contributed by atoms with Crippen molar-refractivity contribution in [3.63, 3.8) is 0 Å². The van der Waals surface area contributed by atoms with Crippen LogP contribution in [-0.4, -0.2) is 50.7 Å². The van der Waals surface area contributed by atoms with Crippen LogP contribution in [0.2, 0.25) is 0 Å². The lowest BCUT2D eigenvalue weighted by molar-refractivity contribution is 0.246. The quantitative estimate of drug-likeness (QED) is 0.686. The number of hydrogen-bond acceptors (Lipinski definition) is 3. The standard InChI is InChI=1S/C13H29N3/c1-5-7-16(8-6-14-4)10-12-9-13(2,3)11-15-12/h12,14-15H,5-11H2,1-4H3. The zero-order chi connectivity index (χ0) is 12.0. The summed E-state index contributed by atoms with van der Waals surface area (Å²) >= 11 is 0. The Morgan fingerprint density at radius 1 is 1.38 bits per heavy atom. The van der Waals surface area contributed by atoms with Crippen molar-refractivity contribution in [3.8, 4) is 0 Å². The molecule has 1 aliphatic rings. The van der Waals surface area contributed by atoms with Gasteiger partial charge in [-0.3, -0.25) is 0 Å². The molecule has 1 atom stereocenters. The van der Waals surface area contributed by atoms with Crippen molar-refractivity contribution in [2.45, 2.75) is 39.7 Å². The zero-order valence-electron chi connectivity index (χ0n) is 11.5. The molecule has 0 aromatic carbocycles. The molecule has 2 N–H and O–H groups in total. The number of rotatable bonds is 7. The number of likely N-dealkylation sites (N-methyl/N-ethyl adjacent to an activating group) is 1. The highest BCUT2D eigenvalue weighted by atomic mass is 15.2. The Labute approximate surface area is 101 Å². The lowest BCUT2D eigenvalue weighted by Gasteiger charge is -2.25. The molecule has 1 rings (SSSR count). The topological polar surface area (TPSA) is 27.3 Å². The van der Waals surface area contributed by atoms with Crippen LogP contribution in [0.1, 0.15) is 33.6 Å². The first-order valence-electron chi connectivity index (χ1n) is 6.68. The second-order valence-electron chi connectivity index (χ2n) is 5.85. The van der Waals surface area contributed by atoms with Crippen molar-refractivity contribution in [1.29, 1.82) is 0 Å². The Bertz CT molecular complexity index is 192. The van der Waals surface area contributed by atoms with Crippen molar-refractivity contribution in [1.82, 2.24) is 15.5 Å². The first kappa shape index (κ1) is 13.9. The van der Waals surface area contributed by atoms with Gasteiger partial charge in [-0.25, -0.2) is 0 Å². The van der Waals surface area contributed by atoms with Gasteiger partial charge in [0, 0.05) is 32.2 Å². The zero-order valence-corrected chi connectivity index (χ0v) is 11.5. The van der Waals surface area contributed by atoms with Gasteiger partial charge in [-0.2, -0.15) is 0 Å². The molecule has 1 unspecified atom stereocenters. The Balaban J connectivity index is 2.31. The van der Waals surface area contributed by atoms with E-state index < -0.39 is 0 Å². The SMILES string of the molecule is CCCN(CCNC)CC1CC(C)(C)CN1. The maximum atomic E-state index is 3.65. The molecule has 0 aromatic heterocycles. The lowest BCUT2D eigenvalue weighted by Crippen LogP contribution is -2.40. The summed E-state index contributed by atoms with van der Waals surface area (Å²) in [6.45, 7) is 12.8.